The van der Waals surface area contributed by atoms with Gasteiger partial charge in [-0.1, -0.05) is 53.3 Å². The molecule has 0 saturated carbocycles. The molecular weight excluding hydrogens is 446 g/mol. The fraction of sp³-hybridized carbons (Fsp3) is 0.208. The minimum atomic E-state index is -0.726. The average Bonchev–Trinajstić information content (AvgIpc) is 2.76. The van der Waals surface area contributed by atoms with Crippen LogP contribution in [0.3, 0.4) is 0 Å². The monoisotopic (exact) mass is 467 g/mol. The van der Waals surface area contributed by atoms with Gasteiger partial charge in [0.05, 0.1) is 6.54 Å². The van der Waals surface area contributed by atoms with E-state index in [-0.39, 0.29) is 35.3 Å². The second-order valence-electron chi connectivity index (χ2n) is 7.47. The largest absolute Gasteiger partial charge is 0.508 e. The molecule has 9 heteroatoms. The molecule has 0 aliphatic rings. The van der Waals surface area contributed by atoms with Gasteiger partial charge in [0, 0.05) is 25.1 Å². The smallest absolute Gasteiger partial charge is 0.332 e. The zero-order valence-electron chi connectivity index (χ0n) is 18.1. The van der Waals surface area contributed by atoms with Gasteiger partial charge in [-0.3, -0.25) is 18.7 Å². The fourth-order valence-electron chi connectivity index (χ4n) is 3.09. The Hall–Kier alpha value is -3.96. The molecule has 0 radical (unpaired) electrons. The molecular formula is C24H22ClN3O5. The van der Waals surface area contributed by atoms with Gasteiger partial charge in [0.1, 0.15) is 22.3 Å². The van der Waals surface area contributed by atoms with Gasteiger partial charge in [0.2, 0.25) is 5.91 Å². The van der Waals surface area contributed by atoms with Gasteiger partial charge >= 0.3 is 5.69 Å². The summed E-state index contributed by atoms with van der Waals surface area (Å²) in [5.74, 6) is 4.68. The third-order valence-electron chi connectivity index (χ3n) is 4.88. The Balaban J connectivity index is 1.81. The van der Waals surface area contributed by atoms with Crippen LogP contribution < -0.4 is 16.6 Å². The van der Waals surface area contributed by atoms with E-state index in [0.717, 1.165) is 26.3 Å². The highest BCUT2D eigenvalue weighted by molar-refractivity contribution is 6.32. The summed E-state index contributed by atoms with van der Waals surface area (Å²) >= 11 is 6.29. The lowest BCUT2D eigenvalue weighted by Gasteiger charge is -2.13. The number of carbonyl (C=O) groups excluding carboxylic acids is 1. The molecule has 3 N–H and O–H groups in total. The van der Waals surface area contributed by atoms with E-state index in [2.05, 4.69) is 17.2 Å². The van der Waals surface area contributed by atoms with Crippen LogP contribution in [0.5, 0.6) is 11.5 Å². The van der Waals surface area contributed by atoms with Crippen molar-refractivity contribution in [2.45, 2.75) is 26.3 Å². The third kappa shape index (κ3) is 5.84. The van der Waals surface area contributed by atoms with Crippen molar-refractivity contribution in [3.63, 3.8) is 0 Å². The number of hydrogen-bond donors (Lipinski definition) is 3. The van der Waals surface area contributed by atoms with Crippen LogP contribution in [-0.4, -0.2) is 25.3 Å². The van der Waals surface area contributed by atoms with E-state index in [0.29, 0.717) is 12.0 Å². The number of aromatic hydroxyl groups is 2. The van der Waals surface area contributed by atoms with Crippen LogP contribution in [0.2, 0.25) is 5.15 Å². The van der Waals surface area contributed by atoms with Gasteiger partial charge < -0.3 is 15.5 Å². The molecule has 0 unspecified atom stereocenters. The summed E-state index contributed by atoms with van der Waals surface area (Å²) in [6.45, 7) is 1.79. The Morgan fingerprint density at radius 3 is 2.36 bits per heavy atom. The maximum Gasteiger partial charge on any atom is 0.332 e. The number of benzene rings is 2. The summed E-state index contributed by atoms with van der Waals surface area (Å²) in [7, 11) is 1.28. The molecule has 0 atom stereocenters. The van der Waals surface area contributed by atoms with Gasteiger partial charge in [0.15, 0.2) is 0 Å². The number of halogens is 1. The Kier molecular flexibility index (Phi) is 7.26. The molecule has 170 valence electrons. The zero-order chi connectivity index (χ0) is 24.1. The lowest BCUT2D eigenvalue weighted by atomic mass is 10.1. The molecule has 0 aliphatic heterocycles. The van der Waals surface area contributed by atoms with E-state index in [1.165, 1.54) is 19.2 Å². The number of aromatic nitrogens is 2. The van der Waals surface area contributed by atoms with Crippen LogP contribution in [0, 0.1) is 18.8 Å². The number of anilines is 1. The van der Waals surface area contributed by atoms with Gasteiger partial charge in [-0.25, -0.2) is 4.79 Å². The molecule has 3 aromatic rings. The van der Waals surface area contributed by atoms with Crippen molar-refractivity contribution in [1.82, 2.24) is 9.13 Å². The predicted octanol–water partition coefficient (Wildman–Crippen LogP) is 2.54. The standard InChI is InChI=1S/C24H22ClN3O5/c1-15-5-7-16(8-6-15)9-10-20(31)26-21-22(25)28(24(33)27(2)23(21)32)11-3-4-17-12-18(29)14-19(30)13-17/h5-8,12-14,29-30H,9-11H2,1-2H3,(H,26,31). The first-order valence-corrected chi connectivity index (χ1v) is 10.4. The Bertz CT molecular complexity index is 1360. The van der Waals surface area contributed by atoms with Crippen LogP contribution in [0.15, 0.2) is 52.1 Å². The molecule has 0 spiro atoms. The summed E-state index contributed by atoms with van der Waals surface area (Å²) in [4.78, 5) is 37.5. The topological polar surface area (TPSA) is 114 Å². The summed E-state index contributed by atoms with van der Waals surface area (Å²) in [5, 5.41) is 21.3. The highest BCUT2D eigenvalue weighted by Crippen LogP contribution is 2.20. The number of hydrogen-bond acceptors (Lipinski definition) is 5. The van der Waals surface area contributed by atoms with Crippen molar-refractivity contribution in [2.75, 3.05) is 5.32 Å². The molecule has 1 aromatic heterocycles. The van der Waals surface area contributed by atoms with Crippen LogP contribution in [0.25, 0.3) is 0 Å². The van der Waals surface area contributed by atoms with Crippen molar-refractivity contribution in [1.29, 1.82) is 0 Å². The summed E-state index contributed by atoms with van der Waals surface area (Å²) in [6.07, 6.45) is 0.606. The summed E-state index contributed by atoms with van der Waals surface area (Å²) < 4.78 is 1.89. The summed E-state index contributed by atoms with van der Waals surface area (Å²) in [5.41, 5.74) is 0.791. The van der Waals surface area contributed by atoms with Crippen LogP contribution in [0.4, 0.5) is 5.69 Å². The minimum Gasteiger partial charge on any atom is -0.508 e. The fourth-order valence-corrected chi connectivity index (χ4v) is 3.35. The van der Waals surface area contributed by atoms with Gasteiger partial charge in [-0.15, -0.1) is 0 Å². The lowest BCUT2D eigenvalue weighted by Crippen LogP contribution is -2.40. The molecule has 3 rings (SSSR count). The second kappa shape index (κ2) is 10.1. The maximum atomic E-state index is 12.5. The molecule has 0 fully saturated rings. The molecule has 1 amide bonds. The van der Waals surface area contributed by atoms with E-state index in [9.17, 15) is 24.6 Å². The van der Waals surface area contributed by atoms with Crippen LogP contribution in [0.1, 0.15) is 23.1 Å². The second-order valence-corrected chi connectivity index (χ2v) is 7.83. The summed E-state index contributed by atoms with van der Waals surface area (Å²) in [6, 6.07) is 11.6. The van der Waals surface area contributed by atoms with Gasteiger partial charge in [0.25, 0.3) is 5.56 Å². The number of carbonyl (C=O) groups is 1. The predicted molar refractivity (Wildman–Crippen MR) is 126 cm³/mol. The molecule has 0 saturated heterocycles. The average molecular weight is 468 g/mol. The quantitative estimate of drug-likeness (QED) is 0.394. The Morgan fingerprint density at radius 2 is 1.73 bits per heavy atom. The number of phenols is 2. The number of rotatable bonds is 5. The Morgan fingerprint density at radius 1 is 1.09 bits per heavy atom. The molecule has 0 aliphatic carbocycles. The lowest BCUT2D eigenvalue weighted by molar-refractivity contribution is -0.116. The SMILES string of the molecule is Cc1ccc(CCC(=O)Nc2c(Cl)n(CC#Cc3cc(O)cc(O)c3)c(=O)n(C)c2=O)cc1. The first-order chi connectivity index (χ1) is 15.7. The van der Waals surface area contributed by atoms with Gasteiger partial charge in [-0.05, 0) is 31.0 Å². The first kappa shape index (κ1) is 23.7. The Labute approximate surface area is 194 Å². The van der Waals surface area contributed by atoms with E-state index >= 15 is 0 Å². The van der Waals surface area contributed by atoms with Crippen molar-refractivity contribution in [2.24, 2.45) is 7.05 Å². The third-order valence-corrected chi connectivity index (χ3v) is 5.27. The highest BCUT2D eigenvalue weighted by atomic mass is 35.5. The zero-order valence-corrected chi connectivity index (χ0v) is 18.8. The van der Waals surface area contributed by atoms with Crippen molar-refractivity contribution in [3.8, 4) is 23.3 Å². The minimum absolute atomic E-state index is 0.127. The van der Waals surface area contributed by atoms with Crippen LogP contribution in [-0.2, 0) is 24.8 Å². The molecule has 0 bridgehead atoms. The normalized spacial score (nSPS) is 10.4. The number of amides is 1. The molecule has 1 heterocycles. The number of aryl methyl sites for hydroxylation is 2. The van der Waals surface area contributed by atoms with Crippen LogP contribution >= 0.6 is 11.6 Å². The van der Waals surface area contributed by atoms with E-state index in [1.54, 1.807) is 0 Å². The molecule has 8 nitrogen and oxygen atoms in total. The number of nitrogens with one attached hydrogen (secondary N) is 1. The molecule has 2 aromatic carbocycles. The van der Waals surface area contributed by atoms with E-state index in [1.807, 2.05) is 31.2 Å². The van der Waals surface area contributed by atoms with Crippen molar-refractivity contribution < 1.29 is 15.0 Å². The number of phenolic OH excluding ortho intramolecular Hbond substituents is 2. The number of nitrogens with zero attached hydrogens (tertiary/aromatic N) is 2. The molecule has 33 heavy (non-hydrogen) atoms. The van der Waals surface area contributed by atoms with Crippen molar-refractivity contribution >= 4 is 23.2 Å². The first-order valence-electron chi connectivity index (χ1n) is 10.0. The van der Waals surface area contributed by atoms with E-state index in [4.69, 9.17) is 11.6 Å². The van der Waals surface area contributed by atoms with E-state index < -0.39 is 17.2 Å². The van der Waals surface area contributed by atoms with Crippen molar-refractivity contribution in [3.05, 3.63) is 85.1 Å². The maximum absolute atomic E-state index is 12.5. The highest BCUT2D eigenvalue weighted by Gasteiger charge is 2.17. The van der Waals surface area contributed by atoms with Gasteiger partial charge in [-0.2, -0.15) is 0 Å².